The topological polar surface area (TPSA) is 47.6 Å². The van der Waals surface area contributed by atoms with Crippen LogP contribution in [0.1, 0.15) is 22.3 Å². The molecule has 0 aliphatic carbocycles. The summed E-state index contributed by atoms with van der Waals surface area (Å²) in [5, 5.41) is 2.81. The van der Waals surface area contributed by atoms with E-state index in [2.05, 4.69) is 35.6 Å². The lowest BCUT2D eigenvalue weighted by Gasteiger charge is -2.14. The zero-order valence-corrected chi connectivity index (χ0v) is 15.6. The van der Waals surface area contributed by atoms with Crippen molar-refractivity contribution in [2.24, 2.45) is 0 Å². The SMILES string of the molecule is O=C(NCC1Cc2cccc(Cc3ccccc3)c2O1)OCc1ccccc1. The van der Waals surface area contributed by atoms with Gasteiger partial charge in [-0.25, -0.2) is 4.79 Å². The number of hydrogen-bond donors (Lipinski definition) is 1. The number of alkyl carbamates (subject to hydrolysis) is 1. The van der Waals surface area contributed by atoms with Crippen LogP contribution in [-0.2, 0) is 24.2 Å². The van der Waals surface area contributed by atoms with E-state index >= 15 is 0 Å². The van der Waals surface area contributed by atoms with Crippen molar-refractivity contribution in [3.05, 3.63) is 101 Å². The second-order valence-corrected chi connectivity index (χ2v) is 6.95. The lowest BCUT2D eigenvalue weighted by molar-refractivity contribution is 0.133. The second kappa shape index (κ2) is 8.61. The lowest BCUT2D eigenvalue weighted by atomic mass is 10.0. The third-order valence-corrected chi connectivity index (χ3v) is 4.83. The summed E-state index contributed by atoms with van der Waals surface area (Å²) in [7, 11) is 0. The van der Waals surface area contributed by atoms with Crippen LogP contribution in [0.15, 0.2) is 78.9 Å². The first-order valence-corrected chi connectivity index (χ1v) is 9.54. The summed E-state index contributed by atoms with van der Waals surface area (Å²) < 4.78 is 11.4. The van der Waals surface area contributed by atoms with Crippen LogP contribution in [0, 0.1) is 0 Å². The monoisotopic (exact) mass is 373 g/mol. The van der Waals surface area contributed by atoms with Crippen LogP contribution in [0.5, 0.6) is 5.75 Å². The number of benzene rings is 3. The van der Waals surface area contributed by atoms with E-state index in [-0.39, 0.29) is 12.7 Å². The highest BCUT2D eigenvalue weighted by atomic mass is 16.5. The zero-order valence-electron chi connectivity index (χ0n) is 15.6. The molecule has 4 rings (SSSR count). The van der Waals surface area contributed by atoms with Crippen molar-refractivity contribution in [1.29, 1.82) is 0 Å². The molecule has 3 aromatic rings. The third-order valence-electron chi connectivity index (χ3n) is 4.83. The third kappa shape index (κ3) is 4.52. The van der Waals surface area contributed by atoms with Gasteiger partial charge in [0, 0.05) is 12.8 Å². The maximum atomic E-state index is 12.0. The molecular formula is C24H23NO3. The first-order chi connectivity index (χ1) is 13.8. The molecule has 1 heterocycles. The van der Waals surface area contributed by atoms with Gasteiger partial charge in [-0.1, -0.05) is 78.9 Å². The molecule has 142 valence electrons. The van der Waals surface area contributed by atoms with Gasteiger partial charge in [0.1, 0.15) is 18.5 Å². The van der Waals surface area contributed by atoms with Crippen LogP contribution in [0.3, 0.4) is 0 Å². The van der Waals surface area contributed by atoms with Gasteiger partial charge >= 0.3 is 6.09 Å². The van der Waals surface area contributed by atoms with Gasteiger partial charge in [0.05, 0.1) is 6.54 Å². The van der Waals surface area contributed by atoms with Gasteiger partial charge in [0.25, 0.3) is 0 Å². The predicted molar refractivity (Wildman–Crippen MR) is 108 cm³/mol. The van der Waals surface area contributed by atoms with Gasteiger partial charge in [-0.2, -0.15) is 0 Å². The predicted octanol–water partition coefficient (Wildman–Crippen LogP) is 4.51. The number of rotatable bonds is 6. The van der Waals surface area contributed by atoms with E-state index in [0.29, 0.717) is 6.54 Å². The van der Waals surface area contributed by atoms with Gasteiger partial charge in [0.15, 0.2) is 0 Å². The molecule has 4 heteroatoms. The Labute approximate surface area is 165 Å². The quantitative estimate of drug-likeness (QED) is 0.692. The van der Waals surface area contributed by atoms with Gasteiger partial charge in [0.2, 0.25) is 0 Å². The van der Waals surface area contributed by atoms with E-state index in [1.807, 2.05) is 48.5 Å². The number of ether oxygens (including phenoxy) is 2. The zero-order chi connectivity index (χ0) is 19.2. The van der Waals surface area contributed by atoms with Crippen molar-refractivity contribution in [1.82, 2.24) is 5.32 Å². The molecule has 0 radical (unpaired) electrons. The summed E-state index contributed by atoms with van der Waals surface area (Å²) in [6.45, 7) is 0.687. The minimum atomic E-state index is -0.423. The first-order valence-electron chi connectivity index (χ1n) is 9.54. The average molecular weight is 373 g/mol. The van der Waals surface area contributed by atoms with Gasteiger partial charge in [-0.15, -0.1) is 0 Å². The summed E-state index contributed by atoms with van der Waals surface area (Å²) in [6.07, 6.45) is 1.13. The van der Waals surface area contributed by atoms with Crippen molar-refractivity contribution in [2.45, 2.75) is 25.6 Å². The molecule has 28 heavy (non-hydrogen) atoms. The fourth-order valence-electron chi connectivity index (χ4n) is 3.44. The standard InChI is InChI=1S/C24H23NO3/c26-24(27-17-19-10-5-2-6-11-19)25-16-22-15-21-13-7-12-20(23(21)28-22)14-18-8-3-1-4-9-18/h1-13,22H,14-17H2,(H,25,26). The highest BCUT2D eigenvalue weighted by Crippen LogP contribution is 2.33. The molecule has 1 aliphatic heterocycles. The molecule has 0 saturated heterocycles. The molecule has 1 atom stereocenters. The molecule has 0 bridgehead atoms. The van der Waals surface area contributed by atoms with E-state index in [0.717, 1.165) is 24.2 Å². The van der Waals surface area contributed by atoms with Crippen LogP contribution in [0.2, 0.25) is 0 Å². The summed E-state index contributed by atoms with van der Waals surface area (Å²) in [5.74, 6) is 0.954. The highest BCUT2D eigenvalue weighted by molar-refractivity contribution is 5.67. The Hall–Kier alpha value is -3.27. The number of carbonyl (C=O) groups excluding carboxylic acids is 1. The van der Waals surface area contributed by atoms with Crippen molar-refractivity contribution in [3.63, 3.8) is 0 Å². The van der Waals surface area contributed by atoms with Crippen LogP contribution >= 0.6 is 0 Å². The van der Waals surface area contributed by atoms with Crippen LogP contribution in [-0.4, -0.2) is 18.7 Å². The maximum Gasteiger partial charge on any atom is 0.407 e. The summed E-state index contributed by atoms with van der Waals surface area (Å²) in [5.41, 5.74) is 4.59. The van der Waals surface area contributed by atoms with Crippen molar-refractivity contribution in [2.75, 3.05) is 6.54 Å². The molecule has 1 unspecified atom stereocenters. The summed E-state index contributed by atoms with van der Waals surface area (Å²) >= 11 is 0. The second-order valence-electron chi connectivity index (χ2n) is 6.95. The maximum absolute atomic E-state index is 12.0. The largest absolute Gasteiger partial charge is 0.488 e. The Bertz CT molecular complexity index is 925. The summed E-state index contributed by atoms with van der Waals surface area (Å²) in [6, 6.07) is 26.3. The van der Waals surface area contributed by atoms with E-state index in [9.17, 15) is 4.79 Å². The first kappa shape index (κ1) is 18.1. The van der Waals surface area contributed by atoms with Crippen LogP contribution in [0.4, 0.5) is 4.79 Å². The lowest BCUT2D eigenvalue weighted by Crippen LogP contribution is -2.34. The van der Waals surface area contributed by atoms with Crippen LogP contribution < -0.4 is 10.1 Å². The molecule has 1 amide bonds. The Morgan fingerprint density at radius 2 is 1.64 bits per heavy atom. The number of nitrogens with one attached hydrogen (secondary N) is 1. The number of para-hydroxylation sites is 1. The smallest absolute Gasteiger partial charge is 0.407 e. The molecule has 0 saturated carbocycles. The Morgan fingerprint density at radius 3 is 2.39 bits per heavy atom. The Kier molecular flexibility index (Phi) is 5.57. The summed E-state index contributed by atoms with van der Waals surface area (Å²) in [4.78, 5) is 12.0. The molecule has 1 aliphatic rings. The molecule has 1 N–H and O–H groups in total. The number of fused-ring (bicyclic) bond motifs is 1. The minimum absolute atomic E-state index is 0.0730. The average Bonchev–Trinajstić information content (AvgIpc) is 3.16. The van der Waals surface area contributed by atoms with E-state index in [1.165, 1.54) is 16.7 Å². The molecule has 4 nitrogen and oxygen atoms in total. The fraction of sp³-hybridized carbons (Fsp3) is 0.208. The molecule has 3 aromatic carbocycles. The number of amides is 1. The fourth-order valence-corrected chi connectivity index (χ4v) is 3.44. The Morgan fingerprint density at radius 1 is 0.929 bits per heavy atom. The van der Waals surface area contributed by atoms with E-state index < -0.39 is 6.09 Å². The van der Waals surface area contributed by atoms with Crippen molar-refractivity contribution < 1.29 is 14.3 Å². The normalized spacial score (nSPS) is 14.8. The van der Waals surface area contributed by atoms with Crippen molar-refractivity contribution in [3.8, 4) is 5.75 Å². The van der Waals surface area contributed by atoms with E-state index in [1.54, 1.807) is 0 Å². The van der Waals surface area contributed by atoms with Gasteiger partial charge in [-0.05, 0) is 22.3 Å². The number of carbonyl (C=O) groups is 1. The molecular weight excluding hydrogens is 350 g/mol. The van der Waals surface area contributed by atoms with Crippen molar-refractivity contribution >= 4 is 6.09 Å². The highest BCUT2D eigenvalue weighted by Gasteiger charge is 2.25. The Balaban J connectivity index is 1.30. The van der Waals surface area contributed by atoms with E-state index in [4.69, 9.17) is 9.47 Å². The van der Waals surface area contributed by atoms with Crippen LogP contribution in [0.25, 0.3) is 0 Å². The molecule has 0 aromatic heterocycles. The van der Waals surface area contributed by atoms with Gasteiger partial charge in [-0.3, -0.25) is 0 Å². The minimum Gasteiger partial charge on any atom is -0.488 e. The molecule has 0 fully saturated rings. The van der Waals surface area contributed by atoms with Gasteiger partial charge < -0.3 is 14.8 Å². The number of hydrogen-bond acceptors (Lipinski definition) is 3. The molecule has 0 spiro atoms.